The molecule has 1 aliphatic carbocycles. The molecule has 0 bridgehead atoms. The highest BCUT2D eigenvalue weighted by molar-refractivity contribution is 7.99. The molecule has 4 rings (SSSR count). The van der Waals surface area contributed by atoms with E-state index in [2.05, 4.69) is 22.4 Å². The number of aromatic nitrogens is 3. The molecule has 2 atom stereocenters. The smallest absolute Gasteiger partial charge is 0.230 e. The number of carbonyl (C=O) groups is 1. The molecule has 1 saturated carbocycles. The number of aryl methyl sites for hydroxylation is 1. The van der Waals surface area contributed by atoms with Gasteiger partial charge in [-0.05, 0) is 43.9 Å². The van der Waals surface area contributed by atoms with Gasteiger partial charge in [-0.15, -0.1) is 10.2 Å². The zero-order valence-electron chi connectivity index (χ0n) is 16.8. The summed E-state index contributed by atoms with van der Waals surface area (Å²) in [6.07, 6.45) is 6.37. The standard InChI is InChI=1S/C22H26N4O2S/c1-15-8-6-7-11-19(15)23-20(27)14-29-22-25-24-21(18-12-13-28-16(18)2)26(22)17-9-4-3-5-10-17/h3-5,9-10,12-13,15,19H,6-8,11,14H2,1-2H3,(H,23,27)/t15-,19-/m1/s1. The number of hydrogen-bond donors (Lipinski definition) is 1. The maximum Gasteiger partial charge on any atom is 0.230 e. The van der Waals surface area contributed by atoms with Crippen molar-refractivity contribution >= 4 is 17.7 Å². The van der Waals surface area contributed by atoms with E-state index in [4.69, 9.17) is 4.42 Å². The molecule has 1 amide bonds. The number of carbonyl (C=O) groups excluding carboxylic acids is 1. The average molecular weight is 411 g/mol. The van der Waals surface area contributed by atoms with Crippen LogP contribution in [-0.2, 0) is 4.79 Å². The van der Waals surface area contributed by atoms with E-state index in [1.54, 1.807) is 6.26 Å². The maximum atomic E-state index is 12.6. The Labute approximate surface area is 175 Å². The second-order valence-corrected chi connectivity index (χ2v) is 8.53. The average Bonchev–Trinajstić information content (AvgIpc) is 3.34. The van der Waals surface area contributed by atoms with Gasteiger partial charge in [0.15, 0.2) is 11.0 Å². The van der Waals surface area contributed by atoms with Gasteiger partial charge < -0.3 is 9.73 Å². The van der Waals surface area contributed by atoms with Crippen molar-refractivity contribution in [1.82, 2.24) is 20.1 Å². The van der Waals surface area contributed by atoms with Gasteiger partial charge in [-0.3, -0.25) is 9.36 Å². The molecule has 0 unspecified atom stereocenters. The van der Waals surface area contributed by atoms with Gasteiger partial charge in [0.1, 0.15) is 5.76 Å². The van der Waals surface area contributed by atoms with Crippen molar-refractivity contribution < 1.29 is 9.21 Å². The number of thioether (sulfide) groups is 1. The summed E-state index contributed by atoms with van der Waals surface area (Å²) >= 11 is 1.41. The molecule has 0 saturated heterocycles. The van der Waals surface area contributed by atoms with E-state index in [0.29, 0.717) is 22.7 Å². The second-order valence-electron chi connectivity index (χ2n) is 7.59. The Balaban J connectivity index is 1.54. The Morgan fingerprint density at radius 2 is 2.00 bits per heavy atom. The van der Waals surface area contributed by atoms with Gasteiger partial charge in [0.05, 0.1) is 17.6 Å². The van der Waals surface area contributed by atoms with Crippen LogP contribution in [0.5, 0.6) is 0 Å². The first-order valence-corrected chi connectivity index (χ1v) is 11.1. The summed E-state index contributed by atoms with van der Waals surface area (Å²) in [6, 6.07) is 12.1. The Morgan fingerprint density at radius 3 is 2.72 bits per heavy atom. The maximum absolute atomic E-state index is 12.6. The van der Waals surface area contributed by atoms with Gasteiger partial charge in [0, 0.05) is 11.7 Å². The number of furan rings is 1. The van der Waals surface area contributed by atoms with Crippen molar-refractivity contribution in [1.29, 1.82) is 0 Å². The van der Waals surface area contributed by atoms with Crippen molar-refractivity contribution in [3.63, 3.8) is 0 Å². The lowest BCUT2D eigenvalue weighted by Crippen LogP contribution is -2.41. The third-order valence-corrected chi connectivity index (χ3v) is 6.47. The lowest BCUT2D eigenvalue weighted by atomic mass is 9.86. The van der Waals surface area contributed by atoms with Crippen LogP contribution in [0, 0.1) is 12.8 Å². The van der Waals surface area contributed by atoms with E-state index in [9.17, 15) is 4.79 Å². The van der Waals surface area contributed by atoms with Crippen LogP contribution in [0.4, 0.5) is 0 Å². The number of rotatable bonds is 6. The normalized spacial score (nSPS) is 19.2. The fourth-order valence-electron chi connectivity index (χ4n) is 3.87. The summed E-state index contributed by atoms with van der Waals surface area (Å²) in [5.74, 6) is 2.42. The second kappa shape index (κ2) is 8.86. The minimum absolute atomic E-state index is 0.0532. The fourth-order valence-corrected chi connectivity index (χ4v) is 4.64. The van der Waals surface area contributed by atoms with Crippen molar-refractivity contribution in [2.24, 2.45) is 5.92 Å². The first kappa shape index (κ1) is 19.8. The highest BCUT2D eigenvalue weighted by Crippen LogP contribution is 2.30. The largest absolute Gasteiger partial charge is 0.469 e. The Bertz CT molecular complexity index is 966. The van der Waals surface area contributed by atoms with Gasteiger partial charge in [-0.2, -0.15) is 0 Å². The Morgan fingerprint density at radius 1 is 1.21 bits per heavy atom. The van der Waals surface area contributed by atoms with E-state index in [1.165, 1.54) is 31.0 Å². The molecule has 1 aromatic carbocycles. The van der Waals surface area contributed by atoms with Crippen LogP contribution >= 0.6 is 11.8 Å². The van der Waals surface area contributed by atoms with Gasteiger partial charge in [-0.1, -0.05) is 49.7 Å². The molecule has 0 spiro atoms. The van der Waals surface area contributed by atoms with Crippen molar-refractivity contribution in [3.05, 3.63) is 48.4 Å². The predicted molar refractivity (Wildman–Crippen MR) is 114 cm³/mol. The minimum atomic E-state index is 0.0532. The monoisotopic (exact) mass is 410 g/mol. The topological polar surface area (TPSA) is 72.9 Å². The molecule has 0 aliphatic heterocycles. The molecule has 3 aromatic rings. The molecule has 0 radical (unpaired) electrons. The van der Waals surface area contributed by atoms with Gasteiger partial charge >= 0.3 is 0 Å². The lowest BCUT2D eigenvalue weighted by molar-refractivity contribution is -0.119. The first-order valence-electron chi connectivity index (χ1n) is 10.1. The summed E-state index contributed by atoms with van der Waals surface area (Å²) < 4.78 is 7.44. The quantitative estimate of drug-likeness (QED) is 0.600. The third-order valence-electron chi connectivity index (χ3n) is 5.54. The van der Waals surface area contributed by atoms with E-state index in [1.807, 2.05) is 47.9 Å². The fraction of sp³-hybridized carbons (Fsp3) is 0.409. The molecule has 152 valence electrons. The van der Waals surface area contributed by atoms with E-state index >= 15 is 0 Å². The Hall–Kier alpha value is -2.54. The number of benzene rings is 1. The highest BCUT2D eigenvalue weighted by Gasteiger charge is 2.24. The molecule has 1 aliphatic rings. The summed E-state index contributed by atoms with van der Waals surface area (Å²) in [6.45, 7) is 4.13. The SMILES string of the molecule is Cc1occc1-c1nnc(SCC(=O)N[C@@H]2CCCC[C@H]2C)n1-c1ccccc1. The van der Waals surface area contributed by atoms with Gasteiger partial charge in [0.25, 0.3) is 0 Å². The van der Waals surface area contributed by atoms with Crippen LogP contribution in [0.1, 0.15) is 38.4 Å². The number of nitrogens with one attached hydrogen (secondary N) is 1. The van der Waals surface area contributed by atoms with Gasteiger partial charge in [0.2, 0.25) is 5.91 Å². The molecule has 1 fully saturated rings. The number of hydrogen-bond acceptors (Lipinski definition) is 5. The van der Waals surface area contributed by atoms with Gasteiger partial charge in [-0.25, -0.2) is 0 Å². The van der Waals surface area contributed by atoms with Crippen LogP contribution in [0.2, 0.25) is 0 Å². The summed E-state index contributed by atoms with van der Waals surface area (Å²) in [7, 11) is 0. The van der Waals surface area contributed by atoms with Crippen molar-refractivity contribution in [2.45, 2.75) is 50.7 Å². The predicted octanol–water partition coefficient (Wildman–Crippen LogP) is 4.62. The van der Waals surface area contributed by atoms with E-state index in [0.717, 1.165) is 23.4 Å². The molecular weight excluding hydrogens is 384 g/mol. The number of nitrogens with zero attached hydrogens (tertiary/aromatic N) is 3. The van der Waals surface area contributed by atoms with Crippen LogP contribution in [-0.4, -0.2) is 32.5 Å². The number of amides is 1. The first-order chi connectivity index (χ1) is 14.1. The molecule has 29 heavy (non-hydrogen) atoms. The van der Waals surface area contributed by atoms with Crippen molar-refractivity contribution in [2.75, 3.05) is 5.75 Å². The van der Waals surface area contributed by atoms with Crippen LogP contribution < -0.4 is 5.32 Å². The Kier molecular flexibility index (Phi) is 6.04. The van der Waals surface area contributed by atoms with E-state index < -0.39 is 0 Å². The third kappa shape index (κ3) is 4.40. The summed E-state index contributed by atoms with van der Waals surface area (Å²) in [4.78, 5) is 12.6. The van der Waals surface area contributed by atoms with Crippen molar-refractivity contribution in [3.8, 4) is 17.1 Å². The lowest BCUT2D eigenvalue weighted by Gasteiger charge is -2.29. The van der Waals surface area contributed by atoms with Crippen LogP contribution in [0.25, 0.3) is 17.1 Å². The molecule has 7 heteroatoms. The minimum Gasteiger partial charge on any atom is -0.469 e. The van der Waals surface area contributed by atoms with Crippen LogP contribution in [0.15, 0.2) is 52.2 Å². The molecule has 2 aromatic heterocycles. The summed E-state index contributed by atoms with van der Waals surface area (Å²) in [5.41, 5.74) is 1.85. The summed E-state index contributed by atoms with van der Waals surface area (Å²) in [5, 5.41) is 12.7. The molecule has 2 heterocycles. The molecular formula is C22H26N4O2S. The zero-order valence-corrected chi connectivity index (χ0v) is 17.6. The number of para-hydroxylation sites is 1. The molecule has 6 nitrogen and oxygen atoms in total. The van der Waals surface area contributed by atoms with Crippen LogP contribution in [0.3, 0.4) is 0 Å². The van der Waals surface area contributed by atoms with E-state index in [-0.39, 0.29) is 11.9 Å². The molecule has 1 N–H and O–H groups in total. The highest BCUT2D eigenvalue weighted by atomic mass is 32.2. The zero-order chi connectivity index (χ0) is 20.2.